The molecule has 5 heteroatoms. The van der Waals surface area contributed by atoms with Gasteiger partial charge in [-0.2, -0.15) is 5.26 Å². The molecule has 0 aliphatic rings. The summed E-state index contributed by atoms with van der Waals surface area (Å²) in [5.74, 6) is -0.207. The van der Waals surface area contributed by atoms with Gasteiger partial charge in [-0.15, -0.1) is 0 Å². The molecule has 0 saturated heterocycles. The highest BCUT2D eigenvalue weighted by Gasteiger charge is 2.07. The highest BCUT2D eigenvalue weighted by Crippen LogP contribution is 2.20. The number of halogens is 1. The fourth-order valence-electron chi connectivity index (χ4n) is 0.971. The van der Waals surface area contributed by atoms with Crippen LogP contribution in [0.3, 0.4) is 0 Å². The lowest BCUT2D eigenvalue weighted by molar-refractivity contribution is -0.114. The predicted molar refractivity (Wildman–Crippen MR) is 53.0 cm³/mol. The van der Waals surface area contributed by atoms with Gasteiger partial charge in [-0.1, -0.05) is 11.6 Å². The van der Waals surface area contributed by atoms with Gasteiger partial charge < -0.3 is 5.32 Å². The van der Waals surface area contributed by atoms with Crippen molar-refractivity contribution in [3.63, 3.8) is 0 Å². The average Bonchev–Trinajstić information content (AvgIpc) is 2.09. The molecule has 0 saturated carbocycles. The van der Waals surface area contributed by atoms with E-state index < -0.39 is 0 Å². The molecule has 0 bridgehead atoms. The molecule has 1 rings (SSSR count). The highest BCUT2D eigenvalue weighted by atomic mass is 35.5. The molecule has 0 aromatic carbocycles. The Morgan fingerprint density at radius 3 is 2.86 bits per heavy atom. The van der Waals surface area contributed by atoms with E-state index in [1.807, 2.05) is 6.07 Å². The first-order chi connectivity index (χ1) is 6.54. The van der Waals surface area contributed by atoms with E-state index in [4.69, 9.17) is 16.9 Å². The van der Waals surface area contributed by atoms with Crippen LogP contribution in [0.15, 0.2) is 6.07 Å². The number of pyridine rings is 1. The molecule has 0 atom stereocenters. The summed E-state index contributed by atoms with van der Waals surface area (Å²) in [6.07, 6.45) is 0. The highest BCUT2D eigenvalue weighted by molar-refractivity contribution is 6.30. The van der Waals surface area contributed by atoms with Crippen LogP contribution in [0.4, 0.5) is 5.69 Å². The third kappa shape index (κ3) is 2.21. The summed E-state index contributed by atoms with van der Waals surface area (Å²) in [4.78, 5) is 14.7. The Kier molecular flexibility index (Phi) is 3.05. The standard InChI is InChI=1S/C9H8ClN3O/c1-5-8(13-6(2)14)3-7(4-11)9(10)12-5/h3H,1-2H3,(H,13,14). The Balaban J connectivity index is 3.19. The van der Waals surface area contributed by atoms with Gasteiger partial charge in [0.15, 0.2) is 0 Å². The zero-order valence-electron chi connectivity index (χ0n) is 7.76. The van der Waals surface area contributed by atoms with Crippen LogP contribution in [0.2, 0.25) is 5.15 Å². The number of carbonyl (C=O) groups excluding carboxylic acids is 1. The van der Waals surface area contributed by atoms with Gasteiger partial charge in [0.05, 0.1) is 16.9 Å². The number of nitrogens with one attached hydrogen (secondary N) is 1. The van der Waals surface area contributed by atoms with Crippen molar-refractivity contribution in [1.82, 2.24) is 4.98 Å². The SMILES string of the molecule is CC(=O)Nc1cc(C#N)c(Cl)nc1C. The molecule has 0 unspecified atom stereocenters. The number of hydrogen-bond acceptors (Lipinski definition) is 3. The van der Waals surface area contributed by atoms with Crippen LogP contribution in [-0.2, 0) is 4.79 Å². The van der Waals surface area contributed by atoms with E-state index in [0.29, 0.717) is 11.4 Å². The van der Waals surface area contributed by atoms with E-state index in [1.54, 1.807) is 6.92 Å². The van der Waals surface area contributed by atoms with Crippen molar-refractivity contribution < 1.29 is 4.79 Å². The van der Waals surface area contributed by atoms with Crippen molar-refractivity contribution in [2.45, 2.75) is 13.8 Å². The second-order valence-electron chi connectivity index (χ2n) is 2.75. The van der Waals surface area contributed by atoms with E-state index in [0.717, 1.165) is 0 Å². The minimum absolute atomic E-state index is 0.152. The molecule has 4 nitrogen and oxygen atoms in total. The largest absolute Gasteiger partial charge is 0.325 e. The van der Waals surface area contributed by atoms with Crippen molar-refractivity contribution in [2.24, 2.45) is 0 Å². The quantitative estimate of drug-likeness (QED) is 0.718. The van der Waals surface area contributed by atoms with Gasteiger partial charge in [0.1, 0.15) is 11.2 Å². The molecule has 0 radical (unpaired) electrons. The minimum Gasteiger partial charge on any atom is -0.325 e. The monoisotopic (exact) mass is 209 g/mol. The number of hydrogen-bond donors (Lipinski definition) is 1. The first-order valence-electron chi connectivity index (χ1n) is 3.89. The summed E-state index contributed by atoms with van der Waals surface area (Å²) in [7, 11) is 0. The smallest absolute Gasteiger partial charge is 0.221 e. The number of nitriles is 1. The second kappa shape index (κ2) is 4.07. The molecule has 1 aromatic rings. The molecule has 0 fully saturated rings. The van der Waals surface area contributed by atoms with E-state index in [9.17, 15) is 4.79 Å². The molecule has 1 aromatic heterocycles. The zero-order valence-corrected chi connectivity index (χ0v) is 8.51. The van der Waals surface area contributed by atoms with Gasteiger partial charge in [-0.3, -0.25) is 4.79 Å². The van der Waals surface area contributed by atoms with Gasteiger partial charge in [0.2, 0.25) is 5.91 Å². The number of aryl methyl sites for hydroxylation is 1. The van der Waals surface area contributed by atoms with E-state index >= 15 is 0 Å². The molecule has 72 valence electrons. The fourth-order valence-corrected chi connectivity index (χ4v) is 1.19. The van der Waals surface area contributed by atoms with Crippen molar-refractivity contribution in [3.05, 3.63) is 22.5 Å². The Labute approximate surface area is 86.5 Å². The minimum atomic E-state index is -0.207. The summed E-state index contributed by atoms with van der Waals surface area (Å²) < 4.78 is 0. The molecule has 0 aliphatic carbocycles. The van der Waals surface area contributed by atoms with Crippen molar-refractivity contribution in [1.29, 1.82) is 5.26 Å². The van der Waals surface area contributed by atoms with Gasteiger partial charge >= 0.3 is 0 Å². The van der Waals surface area contributed by atoms with E-state index in [1.165, 1.54) is 13.0 Å². The number of aromatic nitrogens is 1. The van der Waals surface area contributed by atoms with Crippen LogP contribution in [0.1, 0.15) is 18.2 Å². The van der Waals surface area contributed by atoms with Gasteiger partial charge in [0, 0.05) is 6.92 Å². The summed E-state index contributed by atoms with van der Waals surface area (Å²) in [5.41, 5.74) is 1.35. The second-order valence-corrected chi connectivity index (χ2v) is 3.11. The normalized spacial score (nSPS) is 9.29. The Bertz CT molecular complexity index is 423. The summed E-state index contributed by atoms with van der Waals surface area (Å²) in [6.45, 7) is 3.10. The number of amides is 1. The predicted octanol–water partition coefficient (Wildman–Crippen LogP) is 1.87. The molecule has 14 heavy (non-hydrogen) atoms. The molecular formula is C9H8ClN3O. The molecule has 0 aliphatic heterocycles. The first kappa shape index (κ1) is 10.5. The maximum atomic E-state index is 10.8. The summed E-state index contributed by atoms with van der Waals surface area (Å²) >= 11 is 5.69. The van der Waals surface area contributed by atoms with Gasteiger partial charge in [0.25, 0.3) is 0 Å². The Morgan fingerprint density at radius 1 is 1.71 bits per heavy atom. The van der Waals surface area contributed by atoms with Crippen LogP contribution < -0.4 is 5.32 Å². The third-order valence-corrected chi connectivity index (χ3v) is 1.89. The van der Waals surface area contributed by atoms with Crippen LogP contribution in [-0.4, -0.2) is 10.9 Å². The van der Waals surface area contributed by atoms with E-state index in [-0.39, 0.29) is 16.6 Å². The van der Waals surface area contributed by atoms with Gasteiger partial charge in [-0.05, 0) is 13.0 Å². The Morgan fingerprint density at radius 2 is 2.36 bits per heavy atom. The van der Waals surface area contributed by atoms with E-state index in [2.05, 4.69) is 10.3 Å². The van der Waals surface area contributed by atoms with Crippen LogP contribution in [0, 0.1) is 18.3 Å². The number of anilines is 1. The third-order valence-electron chi connectivity index (χ3n) is 1.60. The lowest BCUT2D eigenvalue weighted by Gasteiger charge is -2.06. The van der Waals surface area contributed by atoms with Crippen LogP contribution in [0.5, 0.6) is 0 Å². The first-order valence-corrected chi connectivity index (χ1v) is 4.27. The van der Waals surface area contributed by atoms with Gasteiger partial charge in [-0.25, -0.2) is 4.98 Å². The zero-order chi connectivity index (χ0) is 10.7. The lowest BCUT2D eigenvalue weighted by atomic mass is 10.2. The summed E-state index contributed by atoms with van der Waals surface area (Å²) in [5, 5.41) is 11.4. The Hall–Kier alpha value is -1.60. The lowest BCUT2D eigenvalue weighted by Crippen LogP contribution is -2.08. The fraction of sp³-hybridized carbons (Fsp3) is 0.222. The summed E-state index contributed by atoms with van der Waals surface area (Å²) in [6, 6.07) is 3.40. The number of rotatable bonds is 1. The molecule has 1 amide bonds. The van der Waals surface area contributed by atoms with Crippen molar-refractivity contribution in [3.8, 4) is 6.07 Å². The molecular weight excluding hydrogens is 202 g/mol. The maximum Gasteiger partial charge on any atom is 0.221 e. The van der Waals surface area contributed by atoms with Crippen LogP contribution >= 0.6 is 11.6 Å². The maximum absolute atomic E-state index is 10.8. The number of carbonyl (C=O) groups is 1. The molecule has 1 heterocycles. The van der Waals surface area contributed by atoms with Crippen molar-refractivity contribution >= 4 is 23.2 Å². The molecule has 0 spiro atoms. The average molecular weight is 210 g/mol. The molecule has 1 N–H and O–H groups in total. The van der Waals surface area contributed by atoms with Crippen molar-refractivity contribution in [2.75, 3.05) is 5.32 Å². The number of nitrogens with zero attached hydrogens (tertiary/aromatic N) is 2. The topological polar surface area (TPSA) is 65.8 Å². The van der Waals surface area contributed by atoms with Crippen LogP contribution in [0.25, 0.3) is 0 Å².